The van der Waals surface area contributed by atoms with Crippen LogP contribution in [-0.4, -0.2) is 41.6 Å². The van der Waals surface area contributed by atoms with Crippen molar-refractivity contribution >= 4 is 9.84 Å². The van der Waals surface area contributed by atoms with Crippen LogP contribution in [0.5, 0.6) is 0 Å². The zero-order valence-corrected chi connectivity index (χ0v) is 14.1. The van der Waals surface area contributed by atoms with Crippen molar-refractivity contribution < 1.29 is 22.6 Å². The number of ether oxygens (including phenoxy) is 3. The zero-order chi connectivity index (χ0) is 16.4. The van der Waals surface area contributed by atoms with Gasteiger partial charge in [0.15, 0.2) is 9.84 Å². The van der Waals surface area contributed by atoms with E-state index in [0.717, 1.165) is 0 Å². The summed E-state index contributed by atoms with van der Waals surface area (Å²) in [6, 6.07) is 8.30. The quantitative estimate of drug-likeness (QED) is 0.488. The first-order valence-electron chi connectivity index (χ1n) is 7.14. The third kappa shape index (κ3) is 6.70. The second-order valence-electron chi connectivity index (χ2n) is 5.08. The van der Waals surface area contributed by atoms with Crippen molar-refractivity contribution in [1.29, 1.82) is 0 Å². The normalized spacial score (nSPS) is 13.8. The summed E-state index contributed by atoms with van der Waals surface area (Å²) in [5, 5.41) is 1.20. The molecule has 1 aromatic carbocycles. The Hall–Kier alpha value is -1.21. The maximum Gasteiger partial charge on any atom is 0.199 e. The topological polar surface area (TPSA) is 61.8 Å². The molecule has 0 aliphatic carbocycles. The standard InChI is InChI=1S/C16H24O5S/c1-14(2)16(21-13-20-11-10-19-3)9-12-22(17,18)15-7-5-4-6-8-15/h4-9,12,14,16H,10-11,13H2,1-3H3/b12-9+/t16-/m1/s1. The van der Waals surface area contributed by atoms with Gasteiger partial charge >= 0.3 is 0 Å². The molecule has 0 bridgehead atoms. The molecule has 1 rings (SSSR count). The van der Waals surface area contributed by atoms with Crippen LogP contribution in [0.3, 0.4) is 0 Å². The molecule has 0 saturated heterocycles. The highest BCUT2D eigenvalue weighted by Gasteiger charge is 2.14. The Morgan fingerprint density at radius 2 is 1.82 bits per heavy atom. The Morgan fingerprint density at radius 1 is 1.14 bits per heavy atom. The molecule has 6 heteroatoms. The summed E-state index contributed by atoms with van der Waals surface area (Å²) >= 11 is 0. The lowest BCUT2D eigenvalue weighted by molar-refractivity contribution is -0.0947. The van der Waals surface area contributed by atoms with Crippen LogP contribution in [0, 0.1) is 5.92 Å². The van der Waals surface area contributed by atoms with Crippen molar-refractivity contribution in [1.82, 2.24) is 0 Å². The van der Waals surface area contributed by atoms with Crippen molar-refractivity contribution in [2.75, 3.05) is 27.1 Å². The molecule has 0 aromatic heterocycles. The molecule has 0 unspecified atom stereocenters. The van der Waals surface area contributed by atoms with E-state index in [1.54, 1.807) is 43.5 Å². The first kappa shape index (κ1) is 18.8. The number of hydrogen-bond acceptors (Lipinski definition) is 5. The molecular weight excluding hydrogens is 304 g/mol. The predicted molar refractivity (Wildman–Crippen MR) is 85.2 cm³/mol. The molecule has 0 aliphatic rings. The Balaban J connectivity index is 2.62. The summed E-state index contributed by atoms with van der Waals surface area (Å²) in [5.74, 6) is 0.133. The minimum absolute atomic E-state index is 0.0991. The van der Waals surface area contributed by atoms with Gasteiger partial charge in [-0.2, -0.15) is 0 Å². The minimum Gasteiger partial charge on any atom is -0.382 e. The van der Waals surface area contributed by atoms with E-state index in [0.29, 0.717) is 13.2 Å². The highest BCUT2D eigenvalue weighted by molar-refractivity contribution is 7.94. The average Bonchev–Trinajstić information content (AvgIpc) is 2.50. The maximum atomic E-state index is 12.2. The molecule has 1 aromatic rings. The molecular formula is C16H24O5S. The lowest BCUT2D eigenvalue weighted by Gasteiger charge is -2.17. The fourth-order valence-electron chi connectivity index (χ4n) is 1.67. The largest absolute Gasteiger partial charge is 0.382 e. The van der Waals surface area contributed by atoms with E-state index in [2.05, 4.69) is 0 Å². The Kier molecular flexibility index (Phi) is 8.34. The van der Waals surface area contributed by atoms with E-state index in [1.165, 1.54) is 5.41 Å². The third-order valence-electron chi connectivity index (χ3n) is 2.95. The number of benzene rings is 1. The van der Waals surface area contributed by atoms with E-state index >= 15 is 0 Å². The molecule has 5 nitrogen and oxygen atoms in total. The van der Waals surface area contributed by atoms with Gasteiger partial charge in [-0.3, -0.25) is 0 Å². The minimum atomic E-state index is -3.45. The van der Waals surface area contributed by atoms with Crippen LogP contribution >= 0.6 is 0 Å². The first-order valence-corrected chi connectivity index (χ1v) is 8.68. The van der Waals surface area contributed by atoms with Gasteiger partial charge in [-0.15, -0.1) is 0 Å². The Labute approximate surface area is 132 Å². The van der Waals surface area contributed by atoms with Crippen molar-refractivity contribution in [3.63, 3.8) is 0 Å². The van der Waals surface area contributed by atoms with Crippen molar-refractivity contribution in [3.8, 4) is 0 Å². The summed E-state index contributed by atoms with van der Waals surface area (Å²) in [6.45, 7) is 4.95. The van der Waals surface area contributed by atoms with Crippen LogP contribution in [-0.2, 0) is 24.0 Å². The fourth-order valence-corrected chi connectivity index (χ4v) is 2.72. The van der Waals surface area contributed by atoms with Gasteiger partial charge < -0.3 is 14.2 Å². The number of methoxy groups -OCH3 is 1. The van der Waals surface area contributed by atoms with Crippen LogP contribution in [0.1, 0.15) is 13.8 Å². The van der Waals surface area contributed by atoms with Gasteiger partial charge in [-0.1, -0.05) is 32.0 Å². The highest BCUT2D eigenvalue weighted by Crippen LogP contribution is 2.14. The Morgan fingerprint density at radius 3 is 2.41 bits per heavy atom. The van der Waals surface area contributed by atoms with E-state index in [9.17, 15) is 8.42 Å². The summed E-state index contributed by atoms with van der Waals surface area (Å²) in [6.07, 6.45) is 1.23. The van der Waals surface area contributed by atoms with Crippen molar-refractivity contribution in [2.24, 2.45) is 5.92 Å². The summed E-state index contributed by atoms with van der Waals surface area (Å²) in [4.78, 5) is 0.269. The fraction of sp³-hybridized carbons (Fsp3) is 0.500. The maximum absolute atomic E-state index is 12.2. The van der Waals surface area contributed by atoms with E-state index in [4.69, 9.17) is 14.2 Å². The molecule has 0 saturated carbocycles. The Bertz CT molecular complexity index is 537. The second kappa shape index (κ2) is 9.74. The lowest BCUT2D eigenvalue weighted by atomic mass is 10.1. The number of rotatable bonds is 10. The summed E-state index contributed by atoms with van der Waals surface area (Å²) in [5.41, 5.74) is 0. The van der Waals surface area contributed by atoms with Crippen LogP contribution < -0.4 is 0 Å². The molecule has 1 atom stereocenters. The van der Waals surface area contributed by atoms with Gasteiger partial charge in [0.25, 0.3) is 0 Å². The molecule has 0 radical (unpaired) electrons. The molecule has 0 spiro atoms. The van der Waals surface area contributed by atoms with Gasteiger partial charge in [0.1, 0.15) is 6.79 Å². The SMILES string of the molecule is COCCOCO[C@H](/C=C/S(=O)(=O)c1ccccc1)C(C)C. The second-order valence-corrected chi connectivity index (χ2v) is 6.91. The molecule has 0 amide bonds. The molecule has 0 aliphatic heterocycles. The van der Waals surface area contributed by atoms with Crippen molar-refractivity contribution in [3.05, 3.63) is 41.8 Å². The van der Waals surface area contributed by atoms with Gasteiger partial charge in [-0.05, 0) is 24.1 Å². The molecule has 22 heavy (non-hydrogen) atoms. The first-order chi connectivity index (χ1) is 10.5. The third-order valence-corrected chi connectivity index (χ3v) is 4.40. The van der Waals surface area contributed by atoms with Gasteiger partial charge in [0, 0.05) is 12.5 Å². The highest BCUT2D eigenvalue weighted by atomic mass is 32.2. The van der Waals surface area contributed by atoms with Gasteiger partial charge in [-0.25, -0.2) is 8.42 Å². The molecule has 0 fully saturated rings. The van der Waals surface area contributed by atoms with Crippen LogP contribution in [0.4, 0.5) is 0 Å². The monoisotopic (exact) mass is 328 g/mol. The summed E-state index contributed by atoms with van der Waals surface area (Å²) in [7, 11) is -1.85. The predicted octanol–water partition coefficient (Wildman–Crippen LogP) is 2.64. The van der Waals surface area contributed by atoms with Crippen LogP contribution in [0.2, 0.25) is 0 Å². The van der Waals surface area contributed by atoms with E-state index in [1.807, 2.05) is 13.8 Å². The van der Waals surface area contributed by atoms with Gasteiger partial charge in [0.05, 0.1) is 24.2 Å². The van der Waals surface area contributed by atoms with Crippen LogP contribution in [0.15, 0.2) is 46.7 Å². The number of hydrogen-bond donors (Lipinski definition) is 0. The molecule has 0 N–H and O–H groups in total. The lowest BCUT2D eigenvalue weighted by Crippen LogP contribution is -2.20. The number of sulfone groups is 1. The smallest absolute Gasteiger partial charge is 0.199 e. The molecule has 124 valence electrons. The summed E-state index contributed by atoms with van der Waals surface area (Å²) < 4.78 is 40.0. The average molecular weight is 328 g/mol. The van der Waals surface area contributed by atoms with E-state index < -0.39 is 9.84 Å². The molecule has 0 heterocycles. The van der Waals surface area contributed by atoms with E-state index in [-0.39, 0.29) is 23.7 Å². The van der Waals surface area contributed by atoms with Crippen LogP contribution in [0.25, 0.3) is 0 Å². The van der Waals surface area contributed by atoms with Crippen molar-refractivity contribution in [2.45, 2.75) is 24.8 Å². The zero-order valence-electron chi connectivity index (χ0n) is 13.3. The van der Waals surface area contributed by atoms with Gasteiger partial charge in [0.2, 0.25) is 0 Å².